The number of hydrogen-bond acceptors (Lipinski definition) is 3. The Morgan fingerprint density at radius 1 is 1.44 bits per heavy atom. The van der Waals surface area contributed by atoms with Crippen molar-refractivity contribution in [3.8, 4) is 0 Å². The number of hydrogen-bond donors (Lipinski definition) is 1. The van der Waals surface area contributed by atoms with Gasteiger partial charge in [0.15, 0.2) is 0 Å². The fraction of sp³-hybridized carbons (Fsp3) is 0.917. The lowest BCUT2D eigenvalue weighted by Crippen LogP contribution is -2.46. The first-order valence-corrected chi connectivity index (χ1v) is 6.28. The molecular weight excluding hydrogens is 204 g/mol. The van der Waals surface area contributed by atoms with Gasteiger partial charge in [0, 0.05) is 32.1 Å². The Morgan fingerprint density at radius 2 is 2.06 bits per heavy atom. The lowest BCUT2D eigenvalue weighted by atomic mass is 10.0. The highest BCUT2D eigenvalue weighted by atomic mass is 16.3. The van der Waals surface area contributed by atoms with E-state index in [1.807, 2.05) is 18.9 Å². The van der Waals surface area contributed by atoms with Crippen LogP contribution in [0.1, 0.15) is 32.6 Å². The second-order valence-corrected chi connectivity index (χ2v) is 4.57. The van der Waals surface area contributed by atoms with Gasteiger partial charge in [-0.15, -0.1) is 0 Å². The summed E-state index contributed by atoms with van der Waals surface area (Å²) in [6, 6.07) is 0.526. The fourth-order valence-electron chi connectivity index (χ4n) is 2.27. The maximum absolute atomic E-state index is 11.7. The van der Waals surface area contributed by atoms with Gasteiger partial charge in [-0.2, -0.15) is 0 Å². The summed E-state index contributed by atoms with van der Waals surface area (Å²) in [7, 11) is 2.05. The number of piperidine rings is 1. The third-order valence-corrected chi connectivity index (χ3v) is 3.36. The minimum Gasteiger partial charge on any atom is -0.395 e. The number of aliphatic hydroxyl groups is 1. The molecule has 1 rings (SSSR count). The highest BCUT2D eigenvalue weighted by Crippen LogP contribution is 2.16. The molecule has 1 N–H and O–H groups in total. The van der Waals surface area contributed by atoms with E-state index < -0.39 is 0 Å². The summed E-state index contributed by atoms with van der Waals surface area (Å²) in [5.74, 6) is 0.297. The Kier molecular flexibility index (Phi) is 5.77. The Morgan fingerprint density at radius 3 is 2.56 bits per heavy atom. The van der Waals surface area contributed by atoms with Crippen molar-refractivity contribution in [2.45, 2.75) is 38.6 Å². The van der Waals surface area contributed by atoms with E-state index in [1.165, 1.54) is 0 Å². The van der Waals surface area contributed by atoms with Gasteiger partial charge in [0.2, 0.25) is 5.91 Å². The van der Waals surface area contributed by atoms with E-state index >= 15 is 0 Å². The molecule has 0 spiro atoms. The first-order chi connectivity index (χ1) is 7.69. The highest BCUT2D eigenvalue weighted by molar-refractivity contribution is 5.76. The van der Waals surface area contributed by atoms with E-state index in [-0.39, 0.29) is 6.61 Å². The summed E-state index contributed by atoms with van der Waals surface area (Å²) in [4.78, 5) is 15.8. The van der Waals surface area contributed by atoms with E-state index in [1.54, 1.807) is 0 Å². The summed E-state index contributed by atoms with van der Waals surface area (Å²) in [5, 5.41) is 8.87. The van der Waals surface area contributed by atoms with Gasteiger partial charge >= 0.3 is 0 Å². The van der Waals surface area contributed by atoms with Crippen molar-refractivity contribution in [1.82, 2.24) is 9.80 Å². The molecule has 16 heavy (non-hydrogen) atoms. The fourth-order valence-corrected chi connectivity index (χ4v) is 2.27. The minimum absolute atomic E-state index is 0.214. The highest BCUT2D eigenvalue weighted by Gasteiger charge is 2.24. The van der Waals surface area contributed by atoms with Crippen molar-refractivity contribution in [1.29, 1.82) is 0 Å². The van der Waals surface area contributed by atoms with Gasteiger partial charge in [-0.25, -0.2) is 0 Å². The number of carbonyl (C=O) groups excluding carboxylic acids is 1. The van der Waals surface area contributed by atoms with Crippen LogP contribution in [0.25, 0.3) is 0 Å². The summed E-state index contributed by atoms with van der Waals surface area (Å²) in [5.41, 5.74) is 0. The monoisotopic (exact) mass is 228 g/mol. The van der Waals surface area contributed by atoms with Crippen LogP contribution in [0.4, 0.5) is 0 Å². The topological polar surface area (TPSA) is 43.8 Å². The lowest BCUT2D eigenvalue weighted by molar-refractivity contribution is -0.132. The number of aliphatic hydroxyl groups excluding tert-OH is 1. The van der Waals surface area contributed by atoms with Crippen LogP contribution < -0.4 is 0 Å². The molecule has 0 atom stereocenters. The SMILES string of the molecule is CCCC(=O)N1CCC(N(C)CCO)CC1. The Labute approximate surface area is 98.2 Å². The zero-order valence-electron chi connectivity index (χ0n) is 10.5. The van der Waals surface area contributed by atoms with Crippen LogP contribution in [0.2, 0.25) is 0 Å². The number of nitrogens with zero attached hydrogens (tertiary/aromatic N) is 2. The molecule has 0 aromatic rings. The Bertz CT molecular complexity index is 213. The molecule has 94 valence electrons. The smallest absolute Gasteiger partial charge is 0.222 e. The van der Waals surface area contributed by atoms with E-state index in [0.29, 0.717) is 18.4 Å². The van der Waals surface area contributed by atoms with Gasteiger partial charge in [0.25, 0.3) is 0 Å². The van der Waals surface area contributed by atoms with Gasteiger partial charge in [-0.05, 0) is 26.3 Å². The average molecular weight is 228 g/mol. The predicted molar refractivity (Wildman–Crippen MR) is 64.2 cm³/mol. The van der Waals surface area contributed by atoms with Crippen LogP contribution in [0.5, 0.6) is 0 Å². The molecule has 1 heterocycles. The molecule has 0 bridgehead atoms. The van der Waals surface area contributed by atoms with Crippen LogP contribution in [0.3, 0.4) is 0 Å². The maximum Gasteiger partial charge on any atom is 0.222 e. The summed E-state index contributed by atoms with van der Waals surface area (Å²) in [6.07, 6.45) is 3.68. The number of carbonyl (C=O) groups is 1. The number of rotatable bonds is 5. The van der Waals surface area contributed by atoms with Crippen molar-refractivity contribution in [2.75, 3.05) is 33.3 Å². The molecule has 1 amide bonds. The number of likely N-dealkylation sites (N-methyl/N-ethyl adjacent to an activating group) is 1. The van der Waals surface area contributed by atoms with Crippen molar-refractivity contribution >= 4 is 5.91 Å². The van der Waals surface area contributed by atoms with Gasteiger partial charge in [-0.1, -0.05) is 6.92 Å². The molecule has 0 aromatic heterocycles. The predicted octanol–water partition coefficient (Wildman–Crippen LogP) is 0.702. The van der Waals surface area contributed by atoms with E-state index in [4.69, 9.17) is 5.11 Å². The number of amides is 1. The van der Waals surface area contributed by atoms with Crippen LogP contribution >= 0.6 is 0 Å². The molecule has 1 fully saturated rings. The molecule has 0 aromatic carbocycles. The maximum atomic E-state index is 11.7. The van der Waals surface area contributed by atoms with Crippen molar-refractivity contribution < 1.29 is 9.90 Å². The molecule has 4 heteroatoms. The molecule has 0 unspecified atom stereocenters. The third kappa shape index (κ3) is 3.76. The zero-order valence-corrected chi connectivity index (χ0v) is 10.5. The summed E-state index contributed by atoms with van der Waals surface area (Å²) >= 11 is 0. The molecule has 0 saturated carbocycles. The Balaban J connectivity index is 2.30. The third-order valence-electron chi connectivity index (χ3n) is 3.36. The Hall–Kier alpha value is -0.610. The van der Waals surface area contributed by atoms with Crippen molar-refractivity contribution in [3.63, 3.8) is 0 Å². The average Bonchev–Trinajstić information content (AvgIpc) is 2.30. The van der Waals surface area contributed by atoms with Gasteiger partial charge < -0.3 is 14.9 Å². The minimum atomic E-state index is 0.214. The molecule has 0 radical (unpaired) electrons. The standard InChI is InChI=1S/C12H24N2O2/c1-3-4-12(16)14-7-5-11(6-8-14)13(2)9-10-15/h11,15H,3-10H2,1-2H3. The quantitative estimate of drug-likeness (QED) is 0.753. The van der Waals surface area contributed by atoms with E-state index in [0.717, 1.165) is 38.9 Å². The molecule has 4 nitrogen and oxygen atoms in total. The van der Waals surface area contributed by atoms with Gasteiger partial charge in [-0.3, -0.25) is 4.79 Å². The van der Waals surface area contributed by atoms with Crippen molar-refractivity contribution in [3.05, 3.63) is 0 Å². The second-order valence-electron chi connectivity index (χ2n) is 4.57. The largest absolute Gasteiger partial charge is 0.395 e. The molecule has 1 aliphatic rings. The molecule has 0 aliphatic carbocycles. The van der Waals surface area contributed by atoms with Crippen LogP contribution in [0.15, 0.2) is 0 Å². The van der Waals surface area contributed by atoms with Crippen LogP contribution in [0, 0.1) is 0 Å². The van der Waals surface area contributed by atoms with Crippen molar-refractivity contribution in [2.24, 2.45) is 0 Å². The molecule has 1 saturated heterocycles. The zero-order chi connectivity index (χ0) is 12.0. The number of likely N-dealkylation sites (tertiary alicyclic amines) is 1. The van der Waals surface area contributed by atoms with Gasteiger partial charge in [0.1, 0.15) is 0 Å². The first kappa shape index (κ1) is 13.5. The van der Waals surface area contributed by atoms with E-state index in [2.05, 4.69) is 4.90 Å². The van der Waals surface area contributed by atoms with Crippen LogP contribution in [-0.4, -0.2) is 60.1 Å². The van der Waals surface area contributed by atoms with E-state index in [9.17, 15) is 4.79 Å². The second kappa shape index (κ2) is 6.86. The molecular formula is C12H24N2O2. The van der Waals surface area contributed by atoms with Crippen LogP contribution in [-0.2, 0) is 4.79 Å². The normalized spacial score (nSPS) is 18.1. The van der Waals surface area contributed by atoms with Gasteiger partial charge in [0.05, 0.1) is 6.61 Å². The summed E-state index contributed by atoms with van der Waals surface area (Å²) in [6.45, 7) is 4.73. The molecule has 1 aliphatic heterocycles. The first-order valence-electron chi connectivity index (χ1n) is 6.28. The lowest BCUT2D eigenvalue weighted by Gasteiger charge is -2.36. The summed E-state index contributed by atoms with van der Waals surface area (Å²) < 4.78 is 0.